The summed E-state index contributed by atoms with van der Waals surface area (Å²) in [7, 11) is 0. The van der Waals surface area contributed by atoms with Gasteiger partial charge in [-0.25, -0.2) is 0 Å². The molecule has 0 spiro atoms. The fourth-order valence-electron chi connectivity index (χ4n) is 3.26. The van der Waals surface area contributed by atoms with Crippen LogP contribution in [-0.2, 0) is 0 Å². The Kier molecular flexibility index (Phi) is 6.73. The van der Waals surface area contributed by atoms with Crippen LogP contribution in [0.15, 0.2) is 58.6 Å². The number of aryl methyl sites for hydroxylation is 1. The summed E-state index contributed by atoms with van der Waals surface area (Å²) >= 11 is 1.67. The minimum absolute atomic E-state index is 0.193. The lowest BCUT2D eigenvalue weighted by atomic mass is 10.3. The van der Waals surface area contributed by atoms with Crippen molar-refractivity contribution in [2.75, 3.05) is 49.5 Å². The van der Waals surface area contributed by atoms with E-state index < -0.39 is 0 Å². The average Bonchev–Trinajstić information content (AvgIpc) is 2.76. The molecule has 1 fully saturated rings. The molecule has 1 aliphatic rings. The van der Waals surface area contributed by atoms with Crippen molar-refractivity contribution in [1.29, 1.82) is 0 Å². The number of anilines is 3. The molecule has 0 aliphatic carbocycles. The maximum absolute atomic E-state index is 9.10. The Labute approximate surface area is 180 Å². The van der Waals surface area contributed by atoms with Gasteiger partial charge in [0.1, 0.15) is 5.82 Å². The summed E-state index contributed by atoms with van der Waals surface area (Å²) in [6.45, 7) is 6.25. The molecule has 3 heterocycles. The number of piperazine rings is 1. The molecule has 156 valence electrons. The number of nitrogens with one attached hydrogen (secondary N) is 1. The third kappa shape index (κ3) is 5.44. The van der Waals surface area contributed by atoms with Crippen LogP contribution < -0.4 is 10.2 Å². The van der Waals surface area contributed by atoms with Gasteiger partial charge in [-0.1, -0.05) is 11.8 Å². The zero-order chi connectivity index (χ0) is 20.8. The number of nitrogens with zero attached hydrogens (tertiary/aromatic N) is 6. The van der Waals surface area contributed by atoms with Gasteiger partial charge in [-0.2, -0.15) is 15.0 Å². The summed E-state index contributed by atoms with van der Waals surface area (Å²) in [4.78, 5) is 24.4. The molecule has 0 radical (unpaired) electrons. The minimum Gasteiger partial charge on any atom is -0.395 e. The first-order valence-electron chi connectivity index (χ1n) is 9.95. The molecule has 0 atom stereocenters. The van der Waals surface area contributed by atoms with E-state index >= 15 is 0 Å². The van der Waals surface area contributed by atoms with Crippen LogP contribution in [0.4, 0.5) is 17.6 Å². The fraction of sp³-hybridized carbons (Fsp3) is 0.333. The molecule has 30 heavy (non-hydrogen) atoms. The van der Waals surface area contributed by atoms with Crippen LogP contribution in [0.1, 0.15) is 5.82 Å². The second kappa shape index (κ2) is 9.84. The summed E-state index contributed by atoms with van der Waals surface area (Å²) < 4.78 is 0. The highest BCUT2D eigenvalue weighted by Crippen LogP contribution is 2.28. The Hall–Kier alpha value is -2.75. The third-order valence-corrected chi connectivity index (χ3v) is 5.77. The molecular formula is C21H25N7OS. The number of hydrogen-bond acceptors (Lipinski definition) is 9. The number of rotatable bonds is 7. The van der Waals surface area contributed by atoms with Crippen LogP contribution in [0.5, 0.6) is 0 Å². The van der Waals surface area contributed by atoms with Crippen molar-refractivity contribution < 1.29 is 5.11 Å². The fourth-order valence-corrected chi connectivity index (χ4v) is 4.06. The Bertz CT molecular complexity index is 947. The lowest BCUT2D eigenvalue weighted by Gasteiger charge is -2.34. The first-order valence-corrected chi connectivity index (χ1v) is 10.8. The molecule has 8 nitrogen and oxygen atoms in total. The second-order valence-electron chi connectivity index (χ2n) is 7.00. The topological polar surface area (TPSA) is 90.3 Å². The molecule has 3 aromatic rings. The molecule has 0 bridgehead atoms. The molecule has 4 rings (SSSR count). The molecule has 9 heteroatoms. The van der Waals surface area contributed by atoms with E-state index in [2.05, 4.69) is 47.2 Å². The van der Waals surface area contributed by atoms with Gasteiger partial charge in [-0.15, -0.1) is 0 Å². The highest BCUT2D eigenvalue weighted by Gasteiger charge is 2.19. The van der Waals surface area contributed by atoms with Crippen molar-refractivity contribution in [3.63, 3.8) is 0 Å². The lowest BCUT2D eigenvalue weighted by molar-refractivity contribution is 0.188. The first-order chi connectivity index (χ1) is 14.7. The van der Waals surface area contributed by atoms with E-state index in [0.717, 1.165) is 41.7 Å². The molecule has 2 aromatic heterocycles. The Morgan fingerprint density at radius 2 is 1.80 bits per heavy atom. The van der Waals surface area contributed by atoms with Gasteiger partial charge >= 0.3 is 0 Å². The van der Waals surface area contributed by atoms with E-state index in [4.69, 9.17) is 5.11 Å². The van der Waals surface area contributed by atoms with E-state index in [0.29, 0.717) is 24.3 Å². The van der Waals surface area contributed by atoms with E-state index in [1.165, 1.54) is 0 Å². The number of aliphatic hydroxyl groups excluding tert-OH is 1. The van der Waals surface area contributed by atoms with Crippen LogP contribution in [0, 0.1) is 6.92 Å². The van der Waals surface area contributed by atoms with Gasteiger partial charge in [-0.05, 0) is 43.3 Å². The van der Waals surface area contributed by atoms with Crippen LogP contribution in [0.2, 0.25) is 0 Å². The summed E-state index contributed by atoms with van der Waals surface area (Å²) in [5, 5.41) is 12.4. The molecule has 1 saturated heterocycles. The van der Waals surface area contributed by atoms with E-state index in [9.17, 15) is 0 Å². The monoisotopic (exact) mass is 423 g/mol. The molecule has 0 saturated carbocycles. The van der Waals surface area contributed by atoms with Crippen LogP contribution in [0.25, 0.3) is 0 Å². The van der Waals surface area contributed by atoms with Crippen LogP contribution in [0.3, 0.4) is 0 Å². The number of aromatic nitrogens is 4. The van der Waals surface area contributed by atoms with E-state index in [-0.39, 0.29) is 6.61 Å². The van der Waals surface area contributed by atoms with E-state index in [1.54, 1.807) is 18.0 Å². The third-order valence-electron chi connectivity index (χ3n) is 4.79. The first kappa shape index (κ1) is 20.5. The van der Waals surface area contributed by atoms with Crippen molar-refractivity contribution in [3.8, 4) is 0 Å². The lowest BCUT2D eigenvalue weighted by Crippen LogP contribution is -2.47. The Morgan fingerprint density at radius 1 is 1.00 bits per heavy atom. The average molecular weight is 424 g/mol. The minimum atomic E-state index is 0.193. The van der Waals surface area contributed by atoms with Gasteiger partial charge in [0.15, 0.2) is 0 Å². The van der Waals surface area contributed by atoms with Crippen molar-refractivity contribution in [1.82, 2.24) is 24.8 Å². The van der Waals surface area contributed by atoms with Gasteiger partial charge in [0.25, 0.3) is 0 Å². The zero-order valence-electron chi connectivity index (χ0n) is 16.9. The van der Waals surface area contributed by atoms with Crippen molar-refractivity contribution in [3.05, 3.63) is 54.6 Å². The largest absolute Gasteiger partial charge is 0.395 e. The number of hydrogen-bond donors (Lipinski definition) is 2. The second-order valence-corrected chi connectivity index (χ2v) is 8.15. The van der Waals surface area contributed by atoms with Gasteiger partial charge in [-0.3, -0.25) is 9.88 Å². The van der Waals surface area contributed by atoms with Gasteiger partial charge in [0, 0.05) is 60.6 Å². The highest BCUT2D eigenvalue weighted by molar-refractivity contribution is 7.99. The van der Waals surface area contributed by atoms with Gasteiger partial charge < -0.3 is 15.3 Å². The van der Waals surface area contributed by atoms with Crippen LogP contribution in [-0.4, -0.2) is 69.3 Å². The van der Waals surface area contributed by atoms with Crippen molar-refractivity contribution in [2.45, 2.75) is 16.7 Å². The quantitative estimate of drug-likeness (QED) is 0.595. The molecule has 0 amide bonds. The maximum atomic E-state index is 9.10. The standard InChI is InChI=1S/C21H25N7OS/c1-16-23-20(26-21(24-16)28-11-9-27(10-12-28)13-14-29)25-17-4-6-18(7-5-17)30-19-3-2-8-22-15-19/h2-8,15,29H,9-14H2,1H3,(H,23,24,25,26). The van der Waals surface area contributed by atoms with Gasteiger partial charge in [0.2, 0.25) is 11.9 Å². The van der Waals surface area contributed by atoms with E-state index in [1.807, 2.05) is 37.4 Å². The van der Waals surface area contributed by atoms with Gasteiger partial charge in [0.05, 0.1) is 6.61 Å². The molecule has 1 aliphatic heterocycles. The summed E-state index contributed by atoms with van der Waals surface area (Å²) in [6.07, 6.45) is 3.63. The normalized spacial score (nSPS) is 14.7. The number of β-amino-alcohol motifs (C(OH)–C–C–N with tert-alkyl or cyclic N) is 1. The SMILES string of the molecule is Cc1nc(Nc2ccc(Sc3cccnc3)cc2)nc(N2CCN(CCO)CC2)n1. The molecular weight excluding hydrogens is 398 g/mol. The number of pyridine rings is 1. The summed E-state index contributed by atoms with van der Waals surface area (Å²) in [5.41, 5.74) is 0.926. The Balaban J connectivity index is 1.41. The summed E-state index contributed by atoms with van der Waals surface area (Å²) in [5.74, 6) is 1.92. The van der Waals surface area contributed by atoms with Crippen molar-refractivity contribution >= 4 is 29.3 Å². The molecule has 2 N–H and O–H groups in total. The predicted molar refractivity (Wildman–Crippen MR) is 118 cm³/mol. The number of aliphatic hydroxyl groups is 1. The Morgan fingerprint density at radius 3 is 2.50 bits per heavy atom. The highest BCUT2D eigenvalue weighted by atomic mass is 32.2. The van der Waals surface area contributed by atoms with Crippen LogP contribution >= 0.6 is 11.8 Å². The molecule has 0 unspecified atom stereocenters. The zero-order valence-corrected chi connectivity index (χ0v) is 17.7. The number of benzene rings is 1. The van der Waals surface area contributed by atoms with Crippen molar-refractivity contribution in [2.24, 2.45) is 0 Å². The summed E-state index contributed by atoms with van der Waals surface area (Å²) in [6, 6.07) is 12.1. The predicted octanol–water partition coefficient (Wildman–Crippen LogP) is 2.58. The maximum Gasteiger partial charge on any atom is 0.232 e. The smallest absolute Gasteiger partial charge is 0.232 e. The molecule has 1 aromatic carbocycles.